The van der Waals surface area contributed by atoms with Gasteiger partial charge in [-0.2, -0.15) is 0 Å². The van der Waals surface area contributed by atoms with Crippen LogP contribution in [0.3, 0.4) is 0 Å². The van der Waals surface area contributed by atoms with Crippen LogP contribution in [0.2, 0.25) is 0 Å². The summed E-state index contributed by atoms with van der Waals surface area (Å²) in [4.78, 5) is 34.8. The minimum Gasteiger partial charge on any atom is -0.478 e. The van der Waals surface area contributed by atoms with Crippen molar-refractivity contribution in [2.24, 2.45) is 11.7 Å². The van der Waals surface area contributed by atoms with Crippen LogP contribution in [0.15, 0.2) is 11.6 Å². The highest BCUT2D eigenvalue weighted by Gasteiger charge is 2.35. The van der Waals surface area contributed by atoms with Gasteiger partial charge in [0, 0.05) is 24.5 Å². The average Bonchev–Trinajstić information content (AvgIpc) is 2.43. The molecule has 7 nitrogen and oxygen atoms in total. The summed E-state index contributed by atoms with van der Waals surface area (Å²) >= 11 is 0. The first-order valence-electron chi connectivity index (χ1n) is 7.57. The van der Waals surface area contributed by atoms with E-state index in [2.05, 4.69) is 10.6 Å². The maximum absolute atomic E-state index is 12.2. The maximum atomic E-state index is 12.2. The molecule has 0 heterocycles. The van der Waals surface area contributed by atoms with E-state index < -0.39 is 24.1 Å². The number of amides is 2. The lowest BCUT2D eigenvalue weighted by Gasteiger charge is -2.35. The summed E-state index contributed by atoms with van der Waals surface area (Å²) in [5.41, 5.74) is 6.15. The maximum Gasteiger partial charge on any atom is 0.331 e. The summed E-state index contributed by atoms with van der Waals surface area (Å²) in [6.45, 7) is 5.21. The van der Waals surface area contributed by atoms with Crippen molar-refractivity contribution in [3.8, 4) is 0 Å². The first-order chi connectivity index (χ1) is 10.3. The van der Waals surface area contributed by atoms with Gasteiger partial charge in [-0.3, -0.25) is 9.59 Å². The molecule has 0 aromatic rings. The van der Waals surface area contributed by atoms with Crippen LogP contribution in [0.4, 0.5) is 0 Å². The zero-order valence-corrected chi connectivity index (χ0v) is 13.3. The average molecular weight is 311 g/mol. The molecule has 1 rings (SSSR count). The van der Waals surface area contributed by atoms with Gasteiger partial charge in [0.1, 0.15) is 0 Å². The number of nitrogens with two attached hydrogens (primary N) is 1. The van der Waals surface area contributed by atoms with Crippen molar-refractivity contribution < 1.29 is 19.5 Å². The summed E-state index contributed by atoms with van der Waals surface area (Å²) in [5, 5.41) is 14.7. The second-order valence-corrected chi connectivity index (χ2v) is 5.64. The van der Waals surface area contributed by atoms with Crippen LogP contribution in [0, 0.1) is 5.92 Å². The summed E-state index contributed by atoms with van der Waals surface area (Å²) in [6.07, 6.45) is 3.02. The molecule has 0 saturated heterocycles. The first kappa shape index (κ1) is 18.2. The fourth-order valence-electron chi connectivity index (χ4n) is 2.70. The Morgan fingerprint density at radius 2 is 1.91 bits per heavy atom. The topological polar surface area (TPSA) is 122 Å². The third-order valence-corrected chi connectivity index (χ3v) is 3.99. The molecule has 5 N–H and O–H groups in total. The predicted octanol–water partition coefficient (Wildman–Crippen LogP) is 0.154. The molecule has 1 aliphatic rings. The normalized spacial score (nSPS) is 24.6. The van der Waals surface area contributed by atoms with Crippen LogP contribution in [0.25, 0.3) is 0 Å². The number of nitrogens with one attached hydrogen (secondary N) is 2. The monoisotopic (exact) mass is 311 g/mol. The zero-order chi connectivity index (χ0) is 16.9. The smallest absolute Gasteiger partial charge is 0.331 e. The fraction of sp³-hybridized carbons (Fsp3) is 0.667. The van der Waals surface area contributed by atoms with Crippen molar-refractivity contribution in [1.29, 1.82) is 0 Å². The van der Waals surface area contributed by atoms with Crippen molar-refractivity contribution in [1.82, 2.24) is 10.6 Å². The lowest BCUT2D eigenvalue weighted by Crippen LogP contribution is -2.61. The highest BCUT2D eigenvalue weighted by atomic mass is 16.4. The highest BCUT2D eigenvalue weighted by molar-refractivity contribution is 5.88. The van der Waals surface area contributed by atoms with E-state index in [0.29, 0.717) is 12.8 Å². The van der Waals surface area contributed by atoms with Crippen LogP contribution in [0.1, 0.15) is 40.0 Å². The van der Waals surface area contributed by atoms with Crippen LogP contribution < -0.4 is 16.4 Å². The highest BCUT2D eigenvalue weighted by Crippen LogP contribution is 2.20. The van der Waals surface area contributed by atoms with E-state index in [1.807, 2.05) is 13.8 Å². The Balaban J connectivity index is 2.99. The largest absolute Gasteiger partial charge is 0.478 e. The van der Waals surface area contributed by atoms with Gasteiger partial charge in [0.15, 0.2) is 0 Å². The van der Waals surface area contributed by atoms with Crippen molar-refractivity contribution in [3.05, 3.63) is 11.6 Å². The second kappa shape index (κ2) is 7.93. The molecule has 2 amide bonds. The Hall–Kier alpha value is -1.89. The molecule has 0 fully saturated rings. The standard InChI is InChI=1S/C15H25N3O4/c1-4-9(5-2)14(20)18-12-7-10(15(21)22)6-11(16)13(12)17-8(3)19/h7,9,11-13H,4-6,16H2,1-3H3,(H,17,19)(H,18,20)(H,21,22)/t11-,12-,13-/m1/s1. The first-order valence-corrected chi connectivity index (χ1v) is 7.57. The lowest BCUT2D eigenvalue weighted by atomic mass is 9.86. The lowest BCUT2D eigenvalue weighted by molar-refractivity contribution is -0.133. The summed E-state index contributed by atoms with van der Waals surface area (Å²) < 4.78 is 0. The summed E-state index contributed by atoms with van der Waals surface area (Å²) in [7, 11) is 0. The number of hydrogen-bond acceptors (Lipinski definition) is 4. The second-order valence-electron chi connectivity index (χ2n) is 5.64. The number of rotatable bonds is 6. The minimum absolute atomic E-state index is 0.141. The molecule has 0 aromatic carbocycles. The van der Waals surface area contributed by atoms with Crippen molar-refractivity contribution >= 4 is 17.8 Å². The van der Waals surface area contributed by atoms with E-state index in [1.165, 1.54) is 13.0 Å². The summed E-state index contributed by atoms with van der Waals surface area (Å²) in [6, 6.07) is -1.70. The van der Waals surface area contributed by atoms with Gasteiger partial charge in [-0.05, 0) is 25.3 Å². The van der Waals surface area contributed by atoms with Gasteiger partial charge in [0.25, 0.3) is 0 Å². The Morgan fingerprint density at radius 3 is 2.36 bits per heavy atom. The molecular weight excluding hydrogens is 286 g/mol. The van der Waals surface area contributed by atoms with Crippen molar-refractivity contribution in [2.45, 2.75) is 58.2 Å². The Labute approximate surface area is 130 Å². The van der Waals surface area contributed by atoms with E-state index in [0.717, 1.165) is 0 Å². The van der Waals surface area contributed by atoms with E-state index in [1.54, 1.807) is 0 Å². The molecule has 0 spiro atoms. The molecule has 124 valence electrons. The molecule has 3 atom stereocenters. The number of carboxylic acids is 1. The van der Waals surface area contributed by atoms with Crippen LogP contribution in [0.5, 0.6) is 0 Å². The fourth-order valence-corrected chi connectivity index (χ4v) is 2.70. The molecule has 0 aliphatic heterocycles. The van der Waals surface area contributed by atoms with Gasteiger partial charge >= 0.3 is 5.97 Å². The molecule has 1 aliphatic carbocycles. The van der Waals surface area contributed by atoms with E-state index in [-0.39, 0.29) is 29.7 Å². The zero-order valence-electron chi connectivity index (χ0n) is 13.3. The Bertz CT molecular complexity index is 471. The Kier molecular flexibility index (Phi) is 6.55. The molecule has 0 radical (unpaired) electrons. The number of carboxylic acid groups (broad SMARTS) is 1. The molecule has 7 heteroatoms. The van der Waals surface area contributed by atoms with Gasteiger partial charge in [-0.1, -0.05) is 13.8 Å². The number of hydrogen-bond donors (Lipinski definition) is 4. The van der Waals surface area contributed by atoms with Crippen LogP contribution in [-0.4, -0.2) is 41.0 Å². The van der Waals surface area contributed by atoms with Gasteiger partial charge < -0.3 is 21.5 Å². The minimum atomic E-state index is -1.06. The number of carbonyl (C=O) groups is 3. The van der Waals surface area contributed by atoms with Gasteiger partial charge in [0.2, 0.25) is 11.8 Å². The van der Waals surface area contributed by atoms with E-state index >= 15 is 0 Å². The summed E-state index contributed by atoms with van der Waals surface area (Å²) in [5.74, 6) is -1.62. The molecule has 22 heavy (non-hydrogen) atoms. The van der Waals surface area contributed by atoms with Crippen molar-refractivity contribution in [2.75, 3.05) is 0 Å². The number of carbonyl (C=O) groups excluding carboxylic acids is 2. The Morgan fingerprint density at radius 1 is 1.32 bits per heavy atom. The van der Waals surface area contributed by atoms with Crippen LogP contribution >= 0.6 is 0 Å². The van der Waals surface area contributed by atoms with Gasteiger partial charge in [-0.15, -0.1) is 0 Å². The quantitative estimate of drug-likeness (QED) is 0.556. The SMILES string of the molecule is CCC(CC)C(=O)N[C@@H]1C=C(C(=O)O)C[C@@H](N)[C@H]1NC(C)=O. The van der Waals surface area contributed by atoms with Crippen molar-refractivity contribution in [3.63, 3.8) is 0 Å². The molecule has 0 aromatic heterocycles. The van der Waals surface area contributed by atoms with Gasteiger partial charge in [-0.25, -0.2) is 4.79 Å². The number of aliphatic carboxylic acids is 1. The third kappa shape index (κ3) is 4.56. The molecule has 0 bridgehead atoms. The van der Waals surface area contributed by atoms with Crippen LogP contribution in [-0.2, 0) is 14.4 Å². The molecule has 0 saturated carbocycles. The predicted molar refractivity (Wildman–Crippen MR) is 81.9 cm³/mol. The molecular formula is C15H25N3O4. The molecule has 0 unspecified atom stereocenters. The van der Waals surface area contributed by atoms with E-state index in [4.69, 9.17) is 10.8 Å². The van der Waals surface area contributed by atoms with Gasteiger partial charge in [0.05, 0.1) is 12.1 Å². The van der Waals surface area contributed by atoms with E-state index in [9.17, 15) is 14.4 Å². The third-order valence-electron chi connectivity index (χ3n) is 3.99.